The minimum absolute atomic E-state index is 0.951. The lowest BCUT2D eigenvalue weighted by Gasteiger charge is -2.13. The van der Waals surface area contributed by atoms with Gasteiger partial charge in [0.1, 0.15) is 0 Å². The molecule has 0 saturated carbocycles. The Kier molecular flexibility index (Phi) is 2.80. The van der Waals surface area contributed by atoms with E-state index in [2.05, 4.69) is 15.6 Å². The second kappa shape index (κ2) is 4.75. The number of nitrogens with one attached hydrogen (secondary N) is 2. The Bertz CT molecular complexity index is 604. The minimum Gasteiger partial charge on any atom is -0.360 e. The molecule has 0 unspecified atom stereocenters. The maximum Gasteiger partial charge on any atom is 0.0809 e. The van der Waals surface area contributed by atoms with E-state index in [0.717, 1.165) is 22.6 Å². The summed E-state index contributed by atoms with van der Waals surface area (Å²) in [6, 6.07) is 8.10. The summed E-state index contributed by atoms with van der Waals surface area (Å²) in [5.41, 5.74) is 4.09. The van der Waals surface area contributed by atoms with Gasteiger partial charge in [-0.15, -0.1) is 0 Å². The van der Waals surface area contributed by atoms with Crippen molar-refractivity contribution in [2.45, 2.75) is 0 Å². The van der Waals surface area contributed by atoms with Crippen LogP contribution in [0, 0.1) is 0 Å². The van der Waals surface area contributed by atoms with Crippen LogP contribution >= 0.6 is 0 Å². The van der Waals surface area contributed by atoms with Gasteiger partial charge in [0, 0.05) is 23.7 Å². The van der Waals surface area contributed by atoms with Crippen LogP contribution in [0.4, 0.5) is 5.69 Å². The molecule has 2 heterocycles. The van der Waals surface area contributed by atoms with Gasteiger partial charge in [0.05, 0.1) is 17.6 Å². The Balaban J connectivity index is 1.94. The van der Waals surface area contributed by atoms with Gasteiger partial charge in [-0.1, -0.05) is 30.4 Å². The third kappa shape index (κ3) is 2.11. The van der Waals surface area contributed by atoms with Crippen molar-refractivity contribution in [1.29, 1.82) is 0 Å². The second-order valence-electron chi connectivity index (χ2n) is 4.00. The molecule has 2 aliphatic rings. The molecular weight excluding hydrogens is 222 g/mol. The number of rotatable bonds is 1. The fourth-order valence-corrected chi connectivity index (χ4v) is 1.85. The van der Waals surface area contributed by atoms with Gasteiger partial charge in [-0.25, -0.2) is 0 Å². The van der Waals surface area contributed by atoms with Crippen LogP contribution in [0.5, 0.6) is 0 Å². The number of nitrogens with zero attached hydrogens (tertiary/aromatic N) is 1. The first-order valence-corrected chi connectivity index (χ1v) is 5.83. The molecule has 3 nitrogen and oxygen atoms in total. The standard InChI is InChI=1S/C15H13N3/c1-2-8-14(17-9-5-1)15-11-16-10-12-6-3-4-7-13(12)18-15/h1-11,17-18H. The van der Waals surface area contributed by atoms with E-state index in [9.17, 15) is 0 Å². The molecule has 18 heavy (non-hydrogen) atoms. The van der Waals surface area contributed by atoms with E-state index in [1.165, 1.54) is 0 Å². The van der Waals surface area contributed by atoms with Crippen molar-refractivity contribution in [1.82, 2.24) is 5.32 Å². The van der Waals surface area contributed by atoms with Crippen LogP contribution in [0.3, 0.4) is 0 Å². The number of para-hydroxylation sites is 1. The molecule has 0 atom stereocenters. The first kappa shape index (κ1) is 10.6. The summed E-state index contributed by atoms with van der Waals surface area (Å²) in [6.07, 6.45) is 13.5. The smallest absolute Gasteiger partial charge is 0.0809 e. The number of aliphatic imine (C=N–C) groups is 1. The predicted molar refractivity (Wildman–Crippen MR) is 75.2 cm³/mol. The van der Waals surface area contributed by atoms with Crippen LogP contribution in [-0.4, -0.2) is 6.21 Å². The van der Waals surface area contributed by atoms with Crippen molar-refractivity contribution in [2.75, 3.05) is 5.32 Å². The van der Waals surface area contributed by atoms with E-state index in [0.29, 0.717) is 0 Å². The molecule has 0 spiro atoms. The normalized spacial score (nSPS) is 16.7. The molecule has 3 rings (SSSR count). The first-order valence-electron chi connectivity index (χ1n) is 5.83. The van der Waals surface area contributed by atoms with E-state index < -0.39 is 0 Å². The van der Waals surface area contributed by atoms with Crippen molar-refractivity contribution >= 4 is 11.9 Å². The van der Waals surface area contributed by atoms with Crippen LogP contribution in [-0.2, 0) is 0 Å². The van der Waals surface area contributed by atoms with Gasteiger partial charge >= 0.3 is 0 Å². The molecule has 2 aliphatic heterocycles. The van der Waals surface area contributed by atoms with Gasteiger partial charge in [0.2, 0.25) is 0 Å². The molecule has 0 fully saturated rings. The average molecular weight is 235 g/mol. The van der Waals surface area contributed by atoms with Crippen molar-refractivity contribution < 1.29 is 0 Å². The number of hydrogen-bond acceptors (Lipinski definition) is 3. The molecule has 1 aromatic carbocycles. The van der Waals surface area contributed by atoms with Gasteiger partial charge in [-0.2, -0.15) is 0 Å². The summed E-state index contributed by atoms with van der Waals surface area (Å²) >= 11 is 0. The summed E-state index contributed by atoms with van der Waals surface area (Å²) in [5.74, 6) is 0. The molecule has 0 aromatic heterocycles. The highest BCUT2D eigenvalue weighted by Crippen LogP contribution is 2.21. The molecule has 0 bridgehead atoms. The molecule has 88 valence electrons. The monoisotopic (exact) mass is 235 g/mol. The van der Waals surface area contributed by atoms with Gasteiger partial charge < -0.3 is 10.6 Å². The predicted octanol–water partition coefficient (Wildman–Crippen LogP) is 2.93. The summed E-state index contributed by atoms with van der Waals surface area (Å²) in [6.45, 7) is 0. The largest absolute Gasteiger partial charge is 0.360 e. The fraction of sp³-hybridized carbons (Fsp3) is 0. The van der Waals surface area contributed by atoms with E-state index in [-0.39, 0.29) is 0 Å². The Morgan fingerprint density at radius 3 is 2.89 bits per heavy atom. The zero-order chi connectivity index (χ0) is 12.2. The lowest BCUT2D eigenvalue weighted by atomic mass is 10.2. The Hall–Kier alpha value is -2.55. The molecule has 1 aromatic rings. The number of fused-ring (bicyclic) bond motifs is 1. The molecule has 3 heteroatoms. The summed E-state index contributed by atoms with van der Waals surface area (Å²) in [4.78, 5) is 4.32. The third-order valence-corrected chi connectivity index (χ3v) is 2.76. The van der Waals surface area contributed by atoms with Crippen molar-refractivity contribution in [3.8, 4) is 0 Å². The van der Waals surface area contributed by atoms with Gasteiger partial charge in [0.15, 0.2) is 0 Å². The topological polar surface area (TPSA) is 36.4 Å². The SMILES string of the molecule is C1=CC=C(C2=CN=Cc3ccccc3N2)NC=C1. The van der Waals surface area contributed by atoms with Gasteiger partial charge in [-0.3, -0.25) is 4.99 Å². The van der Waals surface area contributed by atoms with E-state index >= 15 is 0 Å². The van der Waals surface area contributed by atoms with E-state index in [4.69, 9.17) is 0 Å². The lowest BCUT2D eigenvalue weighted by molar-refractivity contribution is 1.07. The van der Waals surface area contributed by atoms with Gasteiger partial charge in [0.25, 0.3) is 0 Å². The molecule has 0 saturated heterocycles. The number of benzene rings is 1. The Morgan fingerprint density at radius 2 is 1.89 bits per heavy atom. The van der Waals surface area contributed by atoms with Crippen molar-refractivity contribution in [3.05, 3.63) is 77.9 Å². The van der Waals surface area contributed by atoms with E-state index in [1.807, 2.05) is 67.2 Å². The second-order valence-corrected chi connectivity index (χ2v) is 4.00. The highest BCUT2D eigenvalue weighted by atomic mass is 15.0. The quantitative estimate of drug-likeness (QED) is 0.785. The van der Waals surface area contributed by atoms with Crippen molar-refractivity contribution in [2.24, 2.45) is 4.99 Å². The fourth-order valence-electron chi connectivity index (χ4n) is 1.85. The first-order chi connectivity index (χ1) is 8.93. The van der Waals surface area contributed by atoms with Crippen LogP contribution in [0.15, 0.2) is 77.4 Å². The highest BCUT2D eigenvalue weighted by molar-refractivity contribution is 5.89. The third-order valence-electron chi connectivity index (χ3n) is 2.76. The molecule has 2 N–H and O–H groups in total. The van der Waals surface area contributed by atoms with Crippen LogP contribution in [0.2, 0.25) is 0 Å². The number of anilines is 1. The lowest BCUT2D eigenvalue weighted by Crippen LogP contribution is -2.12. The van der Waals surface area contributed by atoms with E-state index in [1.54, 1.807) is 0 Å². The maximum absolute atomic E-state index is 4.32. The summed E-state index contributed by atoms with van der Waals surface area (Å²) in [7, 11) is 0. The van der Waals surface area contributed by atoms with Crippen LogP contribution in [0.1, 0.15) is 5.56 Å². The zero-order valence-electron chi connectivity index (χ0n) is 9.80. The van der Waals surface area contributed by atoms with Crippen LogP contribution < -0.4 is 10.6 Å². The Morgan fingerprint density at radius 1 is 0.944 bits per heavy atom. The molecular formula is C15H13N3. The molecule has 0 amide bonds. The minimum atomic E-state index is 0.951. The number of allylic oxidation sites excluding steroid dienone is 4. The van der Waals surface area contributed by atoms with Gasteiger partial charge in [-0.05, 0) is 18.2 Å². The average Bonchev–Trinajstić information content (AvgIpc) is 2.79. The molecule has 0 radical (unpaired) electrons. The Labute approximate surface area is 106 Å². The highest BCUT2D eigenvalue weighted by Gasteiger charge is 2.09. The van der Waals surface area contributed by atoms with Crippen LogP contribution in [0.25, 0.3) is 0 Å². The number of hydrogen-bond donors (Lipinski definition) is 2. The summed E-state index contributed by atoms with van der Waals surface area (Å²) in [5, 5.41) is 6.62. The maximum atomic E-state index is 4.32. The molecule has 0 aliphatic carbocycles. The van der Waals surface area contributed by atoms with Crippen molar-refractivity contribution in [3.63, 3.8) is 0 Å². The zero-order valence-corrected chi connectivity index (χ0v) is 9.80. The summed E-state index contributed by atoms with van der Waals surface area (Å²) < 4.78 is 0.